The lowest BCUT2D eigenvalue weighted by Crippen LogP contribution is -2.30. The van der Waals surface area contributed by atoms with Gasteiger partial charge in [-0.15, -0.1) is 0 Å². The third kappa shape index (κ3) is 53.7. The van der Waals surface area contributed by atoms with Crippen LogP contribution in [0.2, 0.25) is 0 Å². The minimum atomic E-state index is -0.784. The van der Waals surface area contributed by atoms with E-state index < -0.39 is 6.10 Å². The molecule has 0 aromatic rings. The Kier molecular flexibility index (Phi) is 52.8. The van der Waals surface area contributed by atoms with E-state index in [9.17, 15) is 14.4 Å². The van der Waals surface area contributed by atoms with Crippen LogP contribution in [0.15, 0.2) is 72.9 Å². The SMILES string of the molecule is CC/C=C\C/C=C\C/C=C\CCCCCCCCCC(=O)OCC(COC(=O)CCCCCCCCCCCCCCCCC)OC(=O)CCCCCCCCC/C=C\C/C=C\C/C=C\CC. The quantitative estimate of drug-likeness (QED) is 0.0262. The highest BCUT2D eigenvalue weighted by molar-refractivity contribution is 5.71. The molecule has 0 rings (SSSR count). The Morgan fingerprint density at radius 1 is 0.313 bits per heavy atom. The van der Waals surface area contributed by atoms with Crippen molar-refractivity contribution in [2.75, 3.05) is 13.2 Å². The number of hydrogen-bond acceptors (Lipinski definition) is 6. The van der Waals surface area contributed by atoms with E-state index in [-0.39, 0.29) is 31.1 Å². The molecular formula is C61H106O6. The van der Waals surface area contributed by atoms with Crippen LogP contribution in [0.3, 0.4) is 0 Å². The standard InChI is InChI=1S/C61H106O6/c1-4-7-10-13-16-19-22-25-28-30-33-36-39-42-45-48-51-54-60(63)66-57-58(56-65-59(62)53-50-47-44-41-38-35-32-27-24-21-18-15-12-9-6-3)67-61(64)55-52-49-46-43-40-37-34-31-29-26-23-20-17-14-11-8-5-2/h7-8,10-11,16-17,19-20,25-26,28-29,58H,4-6,9,12-15,18,21-24,27,30-57H2,1-3H3/b10-7-,11-8-,19-16-,20-17-,28-25-,29-26-. The van der Waals surface area contributed by atoms with Crippen molar-refractivity contribution in [2.24, 2.45) is 0 Å². The largest absolute Gasteiger partial charge is 0.462 e. The zero-order chi connectivity index (χ0) is 48.6. The normalized spacial score (nSPS) is 12.6. The smallest absolute Gasteiger partial charge is 0.306 e. The van der Waals surface area contributed by atoms with Gasteiger partial charge in [0.05, 0.1) is 0 Å². The summed E-state index contributed by atoms with van der Waals surface area (Å²) < 4.78 is 16.9. The monoisotopic (exact) mass is 935 g/mol. The van der Waals surface area contributed by atoms with Crippen LogP contribution in [0.25, 0.3) is 0 Å². The number of carbonyl (C=O) groups excluding carboxylic acids is 3. The maximum atomic E-state index is 12.9. The molecule has 1 atom stereocenters. The van der Waals surface area contributed by atoms with E-state index in [0.717, 1.165) is 109 Å². The summed E-state index contributed by atoms with van der Waals surface area (Å²) in [5.74, 6) is -0.891. The molecule has 0 saturated carbocycles. The van der Waals surface area contributed by atoms with E-state index in [1.165, 1.54) is 128 Å². The average molecular weight is 936 g/mol. The lowest BCUT2D eigenvalue weighted by molar-refractivity contribution is -0.167. The molecule has 6 heteroatoms. The maximum absolute atomic E-state index is 12.9. The van der Waals surface area contributed by atoms with Gasteiger partial charge in [-0.25, -0.2) is 0 Å². The predicted octanol–water partition coefficient (Wildman–Crippen LogP) is 19.0. The fourth-order valence-corrected chi connectivity index (χ4v) is 8.00. The molecule has 0 amide bonds. The predicted molar refractivity (Wildman–Crippen MR) is 288 cm³/mol. The Morgan fingerprint density at radius 3 is 0.910 bits per heavy atom. The number of unbranched alkanes of at least 4 members (excludes halogenated alkanes) is 28. The third-order valence-electron chi connectivity index (χ3n) is 12.2. The molecule has 0 aliphatic heterocycles. The lowest BCUT2D eigenvalue weighted by atomic mass is 10.0. The molecule has 0 saturated heterocycles. The Morgan fingerprint density at radius 2 is 0.582 bits per heavy atom. The Bertz CT molecular complexity index is 1260. The highest BCUT2D eigenvalue weighted by Crippen LogP contribution is 2.16. The first kappa shape index (κ1) is 63.8. The number of allylic oxidation sites excluding steroid dienone is 12. The second kappa shape index (κ2) is 55.4. The van der Waals surface area contributed by atoms with E-state index in [0.29, 0.717) is 19.3 Å². The summed E-state index contributed by atoms with van der Waals surface area (Å²) in [6.07, 6.45) is 70.3. The summed E-state index contributed by atoms with van der Waals surface area (Å²) >= 11 is 0. The summed E-state index contributed by atoms with van der Waals surface area (Å²) in [6.45, 7) is 6.43. The Balaban J connectivity index is 4.40. The van der Waals surface area contributed by atoms with Crippen LogP contribution in [-0.2, 0) is 28.6 Å². The van der Waals surface area contributed by atoms with Gasteiger partial charge in [0.15, 0.2) is 6.10 Å². The molecule has 0 aromatic heterocycles. The van der Waals surface area contributed by atoms with Crippen LogP contribution in [0, 0.1) is 0 Å². The van der Waals surface area contributed by atoms with Gasteiger partial charge >= 0.3 is 17.9 Å². The lowest BCUT2D eigenvalue weighted by Gasteiger charge is -2.18. The van der Waals surface area contributed by atoms with Gasteiger partial charge in [0.25, 0.3) is 0 Å². The molecule has 0 aliphatic rings. The second-order valence-corrected chi connectivity index (χ2v) is 18.8. The fourth-order valence-electron chi connectivity index (χ4n) is 8.00. The van der Waals surface area contributed by atoms with E-state index in [2.05, 4.69) is 93.7 Å². The maximum Gasteiger partial charge on any atom is 0.306 e. The molecule has 67 heavy (non-hydrogen) atoms. The van der Waals surface area contributed by atoms with Crippen LogP contribution in [0.5, 0.6) is 0 Å². The average Bonchev–Trinajstić information content (AvgIpc) is 3.33. The minimum absolute atomic E-state index is 0.0804. The van der Waals surface area contributed by atoms with Crippen molar-refractivity contribution in [2.45, 2.75) is 284 Å². The van der Waals surface area contributed by atoms with E-state index in [1.807, 2.05) is 0 Å². The summed E-state index contributed by atoms with van der Waals surface area (Å²) in [5, 5.41) is 0. The Labute approximate surface area is 414 Å². The van der Waals surface area contributed by atoms with Crippen LogP contribution >= 0.6 is 0 Å². The first-order chi connectivity index (χ1) is 33.0. The van der Waals surface area contributed by atoms with E-state index in [1.54, 1.807) is 0 Å². The van der Waals surface area contributed by atoms with Gasteiger partial charge in [-0.3, -0.25) is 14.4 Å². The highest BCUT2D eigenvalue weighted by Gasteiger charge is 2.19. The van der Waals surface area contributed by atoms with Crippen LogP contribution in [0.1, 0.15) is 278 Å². The molecule has 386 valence electrons. The number of ether oxygens (including phenoxy) is 3. The number of hydrogen-bond donors (Lipinski definition) is 0. The van der Waals surface area contributed by atoms with Gasteiger partial charge in [0.1, 0.15) is 13.2 Å². The number of esters is 3. The summed E-state index contributed by atoms with van der Waals surface area (Å²) in [5.41, 5.74) is 0. The molecule has 1 unspecified atom stereocenters. The van der Waals surface area contributed by atoms with Gasteiger partial charge in [0, 0.05) is 19.3 Å². The van der Waals surface area contributed by atoms with Gasteiger partial charge in [-0.2, -0.15) is 0 Å². The van der Waals surface area contributed by atoms with Crippen molar-refractivity contribution >= 4 is 17.9 Å². The topological polar surface area (TPSA) is 78.9 Å². The summed E-state index contributed by atoms with van der Waals surface area (Å²) in [7, 11) is 0. The van der Waals surface area contributed by atoms with Crippen LogP contribution in [0.4, 0.5) is 0 Å². The molecule has 0 radical (unpaired) electrons. The molecule has 0 spiro atoms. The zero-order valence-corrected chi connectivity index (χ0v) is 44.2. The molecule has 0 N–H and O–H groups in total. The zero-order valence-electron chi connectivity index (χ0n) is 44.2. The van der Waals surface area contributed by atoms with Crippen molar-refractivity contribution < 1.29 is 28.6 Å². The van der Waals surface area contributed by atoms with Crippen LogP contribution < -0.4 is 0 Å². The summed E-state index contributed by atoms with van der Waals surface area (Å²) in [4.78, 5) is 38.2. The first-order valence-electron chi connectivity index (χ1n) is 28.4. The fraction of sp³-hybridized carbons (Fsp3) is 0.754. The van der Waals surface area contributed by atoms with E-state index in [4.69, 9.17) is 14.2 Å². The van der Waals surface area contributed by atoms with Crippen molar-refractivity contribution in [1.29, 1.82) is 0 Å². The number of rotatable bonds is 51. The molecule has 0 fully saturated rings. The molecule has 0 aliphatic carbocycles. The van der Waals surface area contributed by atoms with Crippen molar-refractivity contribution in [3.63, 3.8) is 0 Å². The van der Waals surface area contributed by atoms with Crippen LogP contribution in [-0.4, -0.2) is 37.2 Å². The second-order valence-electron chi connectivity index (χ2n) is 18.8. The van der Waals surface area contributed by atoms with Crippen molar-refractivity contribution in [3.8, 4) is 0 Å². The third-order valence-corrected chi connectivity index (χ3v) is 12.2. The van der Waals surface area contributed by atoms with Gasteiger partial charge in [-0.05, 0) is 83.5 Å². The number of carbonyl (C=O) groups is 3. The molecule has 0 heterocycles. The van der Waals surface area contributed by atoms with Gasteiger partial charge in [-0.1, -0.05) is 248 Å². The van der Waals surface area contributed by atoms with Crippen molar-refractivity contribution in [3.05, 3.63) is 72.9 Å². The van der Waals surface area contributed by atoms with Gasteiger partial charge in [0.2, 0.25) is 0 Å². The molecule has 0 aromatic carbocycles. The van der Waals surface area contributed by atoms with E-state index >= 15 is 0 Å². The first-order valence-corrected chi connectivity index (χ1v) is 28.4. The molecular weight excluding hydrogens is 829 g/mol. The molecule has 0 bridgehead atoms. The Hall–Kier alpha value is -3.15. The molecule has 6 nitrogen and oxygen atoms in total. The van der Waals surface area contributed by atoms with Gasteiger partial charge < -0.3 is 14.2 Å². The summed E-state index contributed by atoms with van der Waals surface area (Å²) in [6, 6.07) is 0. The highest BCUT2D eigenvalue weighted by atomic mass is 16.6. The van der Waals surface area contributed by atoms with Crippen molar-refractivity contribution in [1.82, 2.24) is 0 Å². The minimum Gasteiger partial charge on any atom is -0.462 e.